The van der Waals surface area contributed by atoms with Crippen molar-refractivity contribution in [3.05, 3.63) is 12.2 Å². The van der Waals surface area contributed by atoms with Crippen molar-refractivity contribution in [3.8, 4) is 0 Å². The van der Waals surface area contributed by atoms with Gasteiger partial charge in [-0.2, -0.15) is 0 Å². The van der Waals surface area contributed by atoms with E-state index < -0.39 is 5.97 Å². The summed E-state index contributed by atoms with van der Waals surface area (Å²) in [6.07, 6.45) is 3.45. The molecular weight excluding hydrogens is 172 g/mol. The minimum Gasteiger partial charge on any atom is -0.481 e. The number of allylic oxidation sites excluding steroid dienone is 1. The van der Waals surface area contributed by atoms with E-state index in [1.165, 1.54) is 0 Å². The first-order chi connectivity index (χ1) is 3.27. The summed E-state index contributed by atoms with van der Waals surface area (Å²) in [5, 5.41) is 7.99. The van der Waals surface area contributed by atoms with E-state index in [1.807, 2.05) is 0 Å². The molecule has 0 aromatic rings. The maximum Gasteiger partial charge on any atom is 0.307 e. The molecule has 0 bridgehead atoms. The Labute approximate surface area is 59.0 Å². The van der Waals surface area contributed by atoms with E-state index in [1.54, 1.807) is 19.1 Å². The largest absolute Gasteiger partial charge is 0.481 e. The molecule has 0 amide bonds. The predicted octanol–water partition coefficient (Wildman–Crippen LogP) is 1.62. The van der Waals surface area contributed by atoms with Crippen molar-refractivity contribution in [2.24, 2.45) is 0 Å². The van der Waals surface area contributed by atoms with Gasteiger partial charge in [-0.3, -0.25) is 4.79 Å². The molecule has 0 saturated carbocycles. The van der Waals surface area contributed by atoms with Crippen molar-refractivity contribution in [1.29, 1.82) is 0 Å². The van der Waals surface area contributed by atoms with Crippen LogP contribution in [-0.2, 0) is 4.79 Å². The van der Waals surface area contributed by atoms with E-state index in [0.717, 1.165) is 0 Å². The van der Waals surface area contributed by atoms with Crippen molar-refractivity contribution in [2.75, 3.05) is 0 Å². The fraction of sp³-hybridized carbons (Fsp3) is 0.400. The lowest BCUT2D eigenvalue weighted by atomic mass is 10.4. The normalized spacial score (nSPS) is 8.62. The third-order valence-electron chi connectivity index (χ3n) is 0.528. The second-order valence-electron chi connectivity index (χ2n) is 1.17. The Morgan fingerprint density at radius 2 is 2.25 bits per heavy atom. The lowest BCUT2D eigenvalue weighted by Crippen LogP contribution is -1.88. The number of hydrogen-bond acceptors (Lipinski definition) is 1. The third-order valence-corrected chi connectivity index (χ3v) is 0.528. The Hall–Kier alpha value is -0.310. The van der Waals surface area contributed by atoms with Gasteiger partial charge in [-0.1, -0.05) is 12.2 Å². The van der Waals surface area contributed by atoms with Crippen LogP contribution in [0.15, 0.2) is 12.2 Å². The van der Waals surface area contributed by atoms with E-state index in [9.17, 15) is 4.79 Å². The number of halogens is 1. The van der Waals surface area contributed by atoms with Crippen LogP contribution in [0.25, 0.3) is 0 Å². The highest BCUT2D eigenvalue weighted by molar-refractivity contribution is 8.93. The molecule has 0 heterocycles. The number of carboxylic acid groups (broad SMARTS) is 1. The summed E-state index contributed by atoms with van der Waals surface area (Å²) < 4.78 is 0. The lowest BCUT2D eigenvalue weighted by molar-refractivity contribution is -0.136. The number of carbonyl (C=O) groups is 1. The Bertz CT molecular complexity index is 88.4. The minimum absolute atomic E-state index is 0. The van der Waals surface area contributed by atoms with E-state index in [0.29, 0.717) is 0 Å². The molecule has 0 atom stereocenters. The molecule has 0 aliphatic carbocycles. The van der Waals surface area contributed by atoms with Gasteiger partial charge in [0.2, 0.25) is 0 Å². The molecule has 0 radical (unpaired) electrons. The Kier molecular flexibility index (Phi) is 8.89. The van der Waals surface area contributed by atoms with Crippen LogP contribution in [0.4, 0.5) is 0 Å². The number of rotatable bonds is 2. The molecule has 0 rings (SSSR count). The average molecular weight is 181 g/mol. The molecule has 2 nitrogen and oxygen atoms in total. The maximum absolute atomic E-state index is 9.71. The van der Waals surface area contributed by atoms with Crippen molar-refractivity contribution >= 4 is 23.0 Å². The van der Waals surface area contributed by atoms with Gasteiger partial charge in [-0.15, -0.1) is 17.0 Å². The third kappa shape index (κ3) is 9.19. The molecule has 1 N–H and O–H groups in total. The molecule has 0 unspecified atom stereocenters. The highest BCUT2D eigenvalue weighted by Gasteiger charge is 1.85. The molecule has 0 aromatic heterocycles. The highest BCUT2D eigenvalue weighted by Crippen LogP contribution is 1.79. The zero-order valence-electron chi connectivity index (χ0n) is 4.63. The monoisotopic (exact) mass is 180 g/mol. The average Bonchev–Trinajstić information content (AvgIpc) is 1.61. The van der Waals surface area contributed by atoms with Crippen LogP contribution in [0, 0.1) is 0 Å². The van der Waals surface area contributed by atoms with Gasteiger partial charge in [-0.05, 0) is 6.92 Å². The van der Waals surface area contributed by atoms with Crippen LogP contribution in [0.5, 0.6) is 0 Å². The molecule has 0 aliphatic heterocycles. The fourth-order valence-corrected chi connectivity index (χ4v) is 0.219. The molecule has 0 saturated heterocycles. The number of carboxylic acids is 1. The zero-order chi connectivity index (χ0) is 5.70. The first kappa shape index (κ1) is 10.6. The molecule has 3 heteroatoms. The van der Waals surface area contributed by atoms with Gasteiger partial charge >= 0.3 is 5.97 Å². The summed E-state index contributed by atoms with van der Waals surface area (Å²) in [6.45, 7) is 1.79. The van der Waals surface area contributed by atoms with Gasteiger partial charge in [0, 0.05) is 0 Å². The van der Waals surface area contributed by atoms with Crippen molar-refractivity contribution in [2.45, 2.75) is 13.3 Å². The van der Waals surface area contributed by atoms with Gasteiger partial charge in [0.25, 0.3) is 0 Å². The summed E-state index contributed by atoms with van der Waals surface area (Å²) in [4.78, 5) is 9.71. The first-order valence-electron chi connectivity index (χ1n) is 2.10. The maximum atomic E-state index is 9.71. The predicted molar refractivity (Wildman–Crippen MR) is 37.4 cm³/mol. The summed E-state index contributed by atoms with van der Waals surface area (Å²) >= 11 is 0. The zero-order valence-corrected chi connectivity index (χ0v) is 6.34. The number of hydrogen-bond donors (Lipinski definition) is 1. The van der Waals surface area contributed by atoms with Crippen molar-refractivity contribution in [3.63, 3.8) is 0 Å². The minimum atomic E-state index is -0.780. The molecule has 8 heavy (non-hydrogen) atoms. The van der Waals surface area contributed by atoms with E-state index >= 15 is 0 Å². The lowest BCUT2D eigenvalue weighted by Gasteiger charge is -1.77. The Morgan fingerprint density at radius 3 is 2.38 bits per heavy atom. The first-order valence-corrected chi connectivity index (χ1v) is 2.10. The van der Waals surface area contributed by atoms with Gasteiger partial charge in [0.15, 0.2) is 0 Å². The summed E-state index contributed by atoms with van der Waals surface area (Å²) in [5.41, 5.74) is 0. The molecule has 0 fully saturated rings. The summed E-state index contributed by atoms with van der Waals surface area (Å²) in [6, 6.07) is 0. The Balaban J connectivity index is 0. The molecule has 0 aliphatic rings. The van der Waals surface area contributed by atoms with E-state index in [2.05, 4.69) is 0 Å². The van der Waals surface area contributed by atoms with Crippen LogP contribution >= 0.6 is 17.0 Å². The van der Waals surface area contributed by atoms with Gasteiger partial charge in [0.05, 0.1) is 6.42 Å². The standard InChI is InChI=1S/C5H8O2.BrH/c1-2-3-4-5(6)7;/h2-3H,4H2,1H3,(H,6,7);1H/b3-2+;. The highest BCUT2D eigenvalue weighted by atomic mass is 79.9. The topological polar surface area (TPSA) is 37.3 Å². The van der Waals surface area contributed by atoms with Crippen LogP contribution in [-0.4, -0.2) is 11.1 Å². The smallest absolute Gasteiger partial charge is 0.307 e. The van der Waals surface area contributed by atoms with Gasteiger partial charge in [-0.25, -0.2) is 0 Å². The van der Waals surface area contributed by atoms with Crippen LogP contribution in [0.3, 0.4) is 0 Å². The van der Waals surface area contributed by atoms with Crippen molar-refractivity contribution < 1.29 is 9.90 Å². The second-order valence-corrected chi connectivity index (χ2v) is 1.17. The van der Waals surface area contributed by atoms with E-state index in [4.69, 9.17) is 5.11 Å². The fourth-order valence-electron chi connectivity index (χ4n) is 0.219. The molecule has 0 spiro atoms. The Morgan fingerprint density at radius 1 is 1.75 bits per heavy atom. The van der Waals surface area contributed by atoms with Crippen LogP contribution < -0.4 is 0 Å². The van der Waals surface area contributed by atoms with E-state index in [-0.39, 0.29) is 23.4 Å². The molecule has 0 aromatic carbocycles. The summed E-state index contributed by atoms with van der Waals surface area (Å²) in [5.74, 6) is -0.780. The van der Waals surface area contributed by atoms with Crippen molar-refractivity contribution in [1.82, 2.24) is 0 Å². The summed E-state index contributed by atoms with van der Waals surface area (Å²) in [7, 11) is 0. The second kappa shape index (κ2) is 6.69. The molecular formula is C5H9BrO2. The van der Waals surface area contributed by atoms with Crippen LogP contribution in [0.2, 0.25) is 0 Å². The van der Waals surface area contributed by atoms with Gasteiger partial charge in [0.1, 0.15) is 0 Å². The quantitative estimate of drug-likeness (QED) is 0.657. The SMILES string of the molecule is Br.C/C=C/CC(=O)O. The van der Waals surface area contributed by atoms with Crippen LogP contribution in [0.1, 0.15) is 13.3 Å². The molecule has 48 valence electrons. The van der Waals surface area contributed by atoms with Gasteiger partial charge < -0.3 is 5.11 Å². The number of aliphatic carboxylic acids is 1.